The molecule has 1 aliphatic heterocycles. The third kappa shape index (κ3) is 2.67. The molecule has 1 fully saturated rings. The molecule has 2 aromatic rings. The summed E-state index contributed by atoms with van der Waals surface area (Å²) in [5.74, 6) is 0.0567. The summed E-state index contributed by atoms with van der Waals surface area (Å²) in [6.45, 7) is 4.53. The van der Waals surface area contributed by atoms with Crippen molar-refractivity contribution in [3.63, 3.8) is 0 Å². The molecule has 118 valence electrons. The lowest BCUT2D eigenvalue weighted by Crippen LogP contribution is -2.39. The standard InChI is InChI=1S/C17H23N3O2/c1-2-10-19-14-8-4-5-9-15(14)20(17(19)22)13-16(21)18-11-6-3-7-12-18/h4-5,8-9H,2-3,6-7,10-13H2,1H3. The minimum atomic E-state index is -0.0755. The zero-order valence-electron chi connectivity index (χ0n) is 13.1. The summed E-state index contributed by atoms with van der Waals surface area (Å²) in [6.07, 6.45) is 4.23. The molecular formula is C17H23N3O2. The number of benzene rings is 1. The fourth-order valence-electron chi connectivity index (χ4n) is 3.24. The molecule has 0 bridgehead atoms. The molecule has 1 aromatic heterocycles. The number of imidazole rings is 1. The molecule has 1 amide bonds. The van der Waals surface area contributed by atoms with Gasteiger partial charge < -0.3 is 4.90 Å². The second kappa shape index (κ2) is 6.38. The maximum absolute atomic E-state index is 12.7. The van der Waals surface area contributed by atoms with Crippen LogP contribution < -0.4 is 5.69 Å². The molecule has 0 N–H and O–H groups in total. The Kier molecular flexibility index (Phi) is 4.32. The lowest BCUT2D eigenvalue weighted by atomic mass is 10.1. The number of hydrogen-bond donors (Lipinski definition) is 0. The molecule has 2 heterocycles. The van der Waals surface area contributed by atoms with Crippen molar-refractivity contribution < 1.29 is 4.79 Å². The number of para-hydroxylation sites is 2. The molecule has 3 rings (SSSR count). The highest BCUT2D eigenvalue weighted by atomic mass is 16.2. The number of carbonyl (C=O) groups excluding carboxylic acids is 1. The second-order valence-electron chi connectivity index (χ2n) is 5.95. The zero-order valence-corrected chi connectivity index (χ0v) is 13.1. The first kappa shape index (κ1) is 14.9. The Morgan fingerprint density at radius 3 is 2.32 bits per heavy atom. The lowest BCUT2D eigenvalue weighted by molar-refractivity contribution is -0.132. The van der Waals surface area contributed by atoms with Crippen LogP contribution in [-0.4, -0.2) is 33.0 Å². The van der Waals surface area contributed by atoms with Gasteiger partial charge in [-0.15, -0.1) is 0 Å². The number of amides is 1. The highest BCUT2D eigenvalue weighted by molar-refractivity contribution is 5.81. The van der Waals surface area contributed by atoms with Gasteiger partial charge in [-0.25, -0.2) is 4.79 Å². The van der Waals surface area contributed by atoms with Crippen molar-refractivity contribution in [3.05, 3.63) is 34.7 Å². The summed E-state index contributed by atoms with van der Waals surface area (Å²) in [6, 6.07) is 7.73. The van der Waals surface area contributed by atoms with Crippen molar-refractivity contribution in [1.82, 2.24) is 14.0 Å². The summed E-state index contributed by atoms with van der Waals surface area (Å²) in [4.78, 5) is 27.0. The van der Waals surface area contributed by atoms with E-state index in [0.717, 1.165) is 43.4 Å². The van der Waals surface area contributed by atoms with Gasteiger partial charge in [-0.05, 0) is 37.8 Å². The Bertz CT molecular complexity index is 723. The number of likely N-dealkylation sites (tertiary alicyclic amines) is 1. The summed E-state index contributed by atoms with van der Waals surface area (Å²) in [7, 11) is 0. The van der Waals surface area contributed by atoms with E-state index in [9.17, 15) is 9.59 Å². The molecule has 5 nitrogen and oxygen atoms in total. The van der Waals surface area contributed by atoms with Crippen molar-refractivity contribution >= 4 is 16.9 Å². The zero-order chi connectivity index (χ0) is 15.5. The largest absolute Gasteiger partial charge is 0.341 e. The van der Waals surface area contributed by atoms with Crippen molar-refractivity contribution in [2.45, 2.75) is 45.7 Å². The topological polar surface area (TPSA) is 47.2 Å². The van der Waals surface area contributed by atoms with E-state index in [4.69, 9.17) is 0 Å². The van der Waals surface area contributed by atoms with Crippen molar-refractivity contribution in [3.8, 4) is 0 Å². The van der Waals surface area contributed by atoms with Gasteiger partial charge in [-0.2, -0.15) is 0 Å². The molecule has 1 aliphatic rings. The van der Waals surface area contributed by atoms with Gasteiger partial charge in [0, 0.05) is 19.6 Å². The Balaban J connectivity index is 1.94. The van der Waals surface area contributed by atoms with Gasteiger partial charge in [-0.3, -0.25) is 13.9 Å². The summed E-state index contributed by atoms with van der Waals surface area (Å²) in [5, 5.41) is 0. The fourth-order valence-corrected chi connectivity index (χ4v) is 3.24. The molecule has 5 heteroatoms. The van der Waals surface area contributed by atoms with E-state index in [1.54, 1.807) is 9.13 Å². The number of aromatic nitrogens is 2. The average Bonchev–Trinajstić information content (AvgIpc) is 2.82. The number of aryl methyl sites for hydroxylation is 1. The molecule has 0 saturated carbocycles. The van der Waals surface area contributed by atoms with E-state index in [0.29, 0.717) is 6.54 Å². The van der Waals surface area contributed by atoms with Gasteiger partial charge in [0.2, 0.25) is 5.91 Å². The number of piperidine rings is 1. The summed E-state index contributed by atoms with van der Waals surface area (Å²) in [5.41, 5.74) is 1.69. The van der Waals surface area contributed by atoms with Crippen LogP contribution >= 0.6 is 0 Å². The van der Waals surface area contributed by atoms with Crippen molar-refractivity contribution in [2.75, 3.05) is 13.1 Å². The predicted octanol–water partition coefficient (Wildman–Crippen LogP) is 2.23. The Morgan fingerprint density at radius 1 is 1.05 bits per heavy atom. The maximum atomic E-state index is 12.7. The summed E-state index contributed by atoms with van der Waals surface area (Å²) < 4.78 is 3.40. The third-order valence-corrected chi connectivity index (χ3v) is 4.37. The summed E-state index contributed by atoms with van der Waals surface area (Å²) >= 11 is 0. The first-order chi connectivity index (χ1) is 10.7. The van der Waals surface area contributed by atoms with Crippen LogP contribution in [0.2, 0.25) is 0 Å². The van der Waals surface area contributed by atoms with E-state index in [2.05, 4.69) is 6.92 Å². The van der Waals surface area contributed by atoms with Crippen LogP contribution in [0.5, 0.6) is 0 Å². The van der Waals surface area contributed by atoms with Gasteiger partial charge in [0.05, 0.1) is 11.0 Å². The van der Waals surface area contributed by atoms with E-state index >= 15 is 0 Å². The quantitative estimate of drug-likeness (QED) is 0.869. The Morgan fingerprint density at radius 2 is 1.68 bits per heavy atom. The van der Waals surface area contributed by atoms with Crippen LogP contribution in [0.4, 0.5) is 0 Å². The molecule has 22 heavy (non-hydrogen) atoms. The normalized spacial score (nSPS) is 15.4. The van der Waals surface area contributed by atoms with Gasteiger partial charge in [0.25, 0.3) is 0 Å². The molecule has 0 aliphatic carbocycles. The third-order valence-electron chi connectivity index (χ3n) is 4.37. The molecular weight excluding hydrogens is 278 g/mol. The van der Waals surface area contributed by atoms with Gasteiger partial charge in [0.1, 0.15) is 6.54 Å². The monoisotopic (exact) mass is 301 g/mol. The van der Waals surface area contributed by atoms with Crippen LogP contribution in [0, 0.1) is 0 Å². The highest BCUT2D eigenvalue weighted by Gasteiger charge is 2.20. The number of rotatable bonds is 4. The Hall–Kier alpha value is -2.04. The smallest absolute Gasteiger partial charge is 0.329 e. The first-order valence-corrected chi connectivity index (χ1v) is 8.18. The van der Waals surface area contributed by atoms with Crippen molar-refractivity contribution in [2.24, 2.45) is 0 Å². The van der Waals surface area contributed by atoms with Crippen LogP contribution in [0.3, 0.4) is 0 Å². The SMILES string of the molecule is CCCn1c(=O)n(CC(=O)N2CCCCC2)c2ccccc21. The van der Waals surface area contributed by atoms with Crippen LogP contribution in [0.15, 0.2) is 29.1 Å². The van der Waals surface area contributed by atoms with E-state index in [1.807, 2.05) is 29.2 Å². The van der Waals surface area contributed by atoms with E-state index in [-0.39, 0.29) is 18.1 Å². The van der Waals surface area contributed by atoms with Gasteiger partial charge >= 0.3 is 5.69 Å². The van der Waals surface area contributed by atoms with Crippen LogP contribution in [0.1, 0.15) is 32.6 Å². The number of hydrogen-bond acceptors (Lipinski definition) is 2. The average molecular weight is 301 g/mol. The number of nitrogens with zero attached hydrogens (tertiary/aromatic N) is 3. The van der Waals surface area contributed by atoms with Gasteiger partial charge in [-0.1, -0.05) is 19.1 Å². The van der Waals surface area contributed by atoms with Crippen LogP contribution in [-0.2, 0) is 17.9 Å². The van der Waals surface area contributed by atoms with E-state index in [1.165, 1.54) is 6.42 Å². The number of carbonyl (C=O) groups is 1. The van der Waals surface area contributed by atoms with E-state index < -0.39 is 0 Å². The van der Waals surface area contributed by atoms with Crippen LogP contribution in [0.25, 0.3) is 11.0 Å². The maximum Gasteiger partial charge on any atom is 0.329 e. The van der Waals surface area contributed by atoms with Crippen molar-refractivity contribution in [1.29, 1.82) is 0 Å². The molecule has 1 aromatic carbocycles. The molecule has 1 saturated heterocycles. The minimum absolute atomic E-state index is 0.0567. The highest BCUT2D eigenvalue weighted by Crippen LogP contribution is 2.15. The minimum Gasteiger partial charge on any atom is -0.341 e. The lowest BCUT2D eigenvalue weighted by Gasteiger charge is -2.26. The molecule has 0 radical (unpaired) electrons. The predicted molar refractivity (Wildman–Crippen MR) is 86.9 cm³/mol. The second-order valence-corrected chi connectivity index (χ2v) is 5.95. The first-order valence-electron chi connectivity index (χ1n) is 8.18. The van der Waals surface area contributed by atoms with Gasteiger partial charge in [0.15, 0.2) is 0 Å². The number of fused-ring (bicyclic) bond motifs is 1. The Labute approximate surface area is 130 Å². The molecule has 0 atom stereocenters. The fraction of sp³-hybridized carbons (Fsp3) is 0.529. The molecule has 0 unspecified atom stereocenters. The molecule has 0 spiro atoms.